The van der Waals surface area contributed by atoms with Crippen molar-refractivity contribution >= 4 is 11.6 Å². The smallest absolute Gasteiger partial charge is 0.135 e. The quantitative estimate of drug-likeness (QED) is 0.833. The van der Waals surface area contributed by atoms with Crippen LogP contribution in [0.1, 0.15) is 38.2 Å². The monoisotopic (exact) mass is 236 g/mol. The highest BCUT2D eigenvalue weighted by Crippen LogP contribution is 2.26. The summed E-state index contributed by atoms with van der Waals surface area (Å²) in [6.07, 6.45) is 4.06. The maximum atomic E-state index is 5.88. The predicted molar refractivity (Wildman–Crippen MR) is 68.0 cm³/mol. The average molecular weight is 236 g/mol. The Hall–Kier alpha value is -1.36. The van der Waals surface area contributed by atoms with Crippen molar-refractivity contribution in [1.82, 2.24) is 9.97 Å². The molecule has 1 aliphatic heterocycles. The zero-order chi connectivity index (χ0) is 12.3. The van der Waals surface area contributed by atoms with Crippen LogP contribution in [0.15, 0.2) is 6.33 Å². The molecule has 0 amide bonds. The Morgan fingerprint density at radius 1 is 1.53 bits per heavy atom. The van der Waals surface area contributed by atoms with Crippen LogP contribution >= 0.6 is 0 Å². The minimum Gasteiger partial charge on any atom is -0.383 e. The highest BCUT2D eigenvalue weighted by Gasteiger charge is 2.17. The molecule has 94 valence electrons. The summed E-state index contributed by atoms with van der Waals surface area (Å²) in [7, 11) is 0. The van der Waals surface area contributed by atoms with E-state index in [1.54, 1.807) is 0 Å². The highest BCUT2D eigenvalue weighted by molar-refractivity contribution is 5.56. The van der Waals surface area contributed by atoms with E-state index in [-0.39, 0.29) is 0 Å². The number of nitrogens with two attached hydrogens (primary N) is 1. The zero-order valence-corrected chi connectivity index (χ0v) is 10.4. The van der Waals surface area contributed by atoms with Gasteiger partial charge in [-0.2, -0.15) is 0 Å². The molecule has 0 aliphatic carbocycles. The first-order valence-corrected chi connectivity index (χ1v) is 6.14. The number of nitrogens with one attached hydrogen (secondary N) is 1. The molecule has 1 saturated heterocycles. The standard InChI is InChI=1S/C12H20N4O/c1-8(2)10-11(13)15-7-16-12(10)14-6-9-4-3-5-17-9/h7-9H,3-6H2,1-2H3,(H3,13,14,15,16). The Bertz CT molecular complexity index is 375. The molecule has 5 nitrogen and oxygen atoms in total. The maximum Gasteiger partial charge on any atom is 0.135 e. The molecule has 0 saturated carbocycles. The van der Waals surface area contributed by atoms with Gasteiger partial charge in [-0.25, -0.2) is 9.97 Å². The van der Waals surface area contributed by atoms with Crippen LogP contribution in [0.25, 0.3) is 0 Å². The molecule has 1 unspecified atom stereocenters. The van der Waals surface area contributed by atoms with Gasteiger partial charge in [-0.15, -0.1) is 0 Å². The molecule has 17 heavy (non-hydrogen) atoms. The van der Waals surface area contributed by atoms with Crippen LogP contribution in [0, 0.1) is 0 Å². The van der Waals surface area contributed by atoms with E-state index in [0.717, 1.165) is 37.4 Å². The number of ether oxygens (including phenoxy) is 1. The molecule has 2 heterocycles. The molecule has 3 N–H and O–H groups in total. The van der Waals surface area contributed by atoms with E-state index in [2.05, 4.69) is 29.1 Å². The summed E-state index contributed by atoms with van der Waals surface area (Å²) in [4.78, 5) is 8.30. The Labute approximate surface area is 102 Å². The number of aromatic nitrogens is 2. The zero-order valence-electron chi connectivity index (χ0n) is 10.4. The Morgan fingerprint density at radius 3 is 3.00 bits per heavy atom. The summed E-state index contributed by atoms with van der Waals surface area (Å²) in [5.41, 5.74) is 6.87. The van der Waals surface area contributed by atoms with Gasteiger partial charge in [0.1, 0.15) is 18.0 Å². The van der Waals surface area contributed by atoms with Crippen molar-refractivity contribution in [2.75, 3.05) is 24.2 Å². The fourth-order valence-corrected chi connectivity index (χ4v) is 2.14. The maximum absolute atomic E-state index is 5.88. The molecule has 1 aliphatic rings. The van der Waals surface area contributed by atoms with Crippen molar-refractivity contribution in [1.29, 1.82) is 0 Å². The van der Waals surface area contributed by atoms with E-state index in [0.29, 0.717) is 17.8 Å². The predicted octanol–water partition coefficient (Wildman–Crippen LogP) is 1.77. The molecule has 1 aromatic heterocycles. The first-order chi connectivity index (χ1) is 8.18. The molecule has 0 aromatic carbocycles. The van der Waals surface area contributed by atoms with Gasteiger partial charge in [0.25, 0.3) is 0 Å². The summed E-state index contributed by atoms with van der Waals surface area (Å²) in [5.74, 6) is 1.70. The Morgan fingerprint density at radius 2 is 2.35 bits per heavy atom. The summed E-state index contributed by atoms with van der Waals surface area (Å²) < 4.78 is 5.57. The number of hydrogen-bond donors (Lipinski definition) is 2. The van der Waals surface area contributed by atoms with Crippen LogP contribution in [0.3, 0.4) is 0 Å². The molecular formula is C12H20N4O. The number of rotatable bonds is 4. The highest BCUT2D eigenvalue weighted by atomic mass is 16.5. The molecule has 0 spiro atoms. The topological polar surface area (TPSA) is 73.1 Å². The van der Waals surface area contributed by atoms with Gasteiger partial charge in [-0.1, -0.05) is 13.8 Å². The van der Waals surface area contributed by atoms with Crippen molar-refractivity contribution < 1.29 is 4.74 Å². The summed E-state index contributed by atoms with van der Waals surface area (Å²) in [5, 5.41) is 3.32. The molecule has 1 fully saturated rings. The Balaban J connectivity index is 2.06. The minimum absolute atomic E-state index is 0.297. The number of anilines is 2. The lowest BCUT2D eigenvalue weighted by molar-refractivity contribution is 0.120. The third-order valence-corrected chi connectivity index (χ3v) is 3.01. The van der Waals surface area contributed by atoms with Gasteiger partial charge in [0, 0.05) is 18.7 Å². The molecule has 2 rings (SSSR count). The van der Waals surface area contributed by atoms with Gasteiger partial charge in [0.15, 0.2) is 0 Å². The van der Waals surface area contributed by atoms with E-state index in [1.807, 2.05) is 0 Å². The molecule has 1 aromatic rings. The van der Waals surface area contributed by atoms with Crippen LogP contribution in [-0.4, -0.2) is 29.2 Å². The number of nitrogens with zero attached hydrogens (tertiary/aromatic N) is 2. The fourth-order valence-electron chi connectivity index (χ4n) is 2.14. The molecule has 1 atom stereocenters. The lowest BCUT2D eigenvalue weighted by atomic mass is 10.0. The van der Waals surface area contributed by atoms with Gasteiger partial charge < -0.3 is 15.8 Å². The van der Waals surface area contributed by atoms with Crippen molar-refractivity contribution in [3.05, 3.63) is 11.9 Å². The summed E-state index contributed by atoms with van der Waals surface area (Å²) in [6.45, 7) is 5.84. The fraction of sp³-hybridized carbons (Fsp3) is 0.667. The average Bonchev–Trinajstić information content (AvgIpc) is 2.78. The van der Waals surface area contributed by atoms with E-state index in [4.69, 9.17) is 10.5 Å². The van der Waals surface area contributed by atoms with E-state index >= 15 is 0 Å². The molecular weight excluding hydrogens is 216 g/mol. The van der Waals surface area contributed by atoms with Gasteiger partial charge in [0.2, 0.25) is 0 Å². The SMILES string of the molecule is CC(C)c1c(N)ncnc1NCC1CCCO1. The van der Waals surface area contributed by atoms with Crippen LogP contribution in [0.5, 0.6) is 0 Å². The van der Waals surface area contributed by atoms with Gasteiger partial charge in [-0.05, 0) is 18.8 Å². The van der Waals surface area contributed by atoms with E-state index < -0.39 is 0 Å². The largest absolute Gasteiger partial charge is 0.383 e. The minimum atomic E-state index is 0.297. The van der Waals surface area contributed by atoms with Gasteiger partial charge in [-0.3, -0.25) is 0 Å². The first kappa shape index (κ1) is 12.1. The number of hydrogen-bond acceptors (Lipinski definition) is 5. The Kier molecular flexibility index (Phi) is 3.78. The summed E-state index contributed by atoms with van der Waals surface area (Å²) in [6, 6.07) is 0. The molecule has 0 radical (unpaired) electrons. The van der Waals surface area contributed by atoms with Crippen LogP contribution in [0.4, 0.5) is 11.6 Å². The van der Waals surface area contributed by atoms with Crippen LogP contribution in [0.2, 0.25) is 0 Å². The lowest BCUT2D eigenvalue weighted by Gasteiger charge is -2.16. The normalized spacial score (nSPS) is 19.8. The van der Waals surface area contributed by atoms with Crippen molar-refractivity contribution in [2.45, 2.75) is 38.7 Å². The van der Waals surface area contributed by atoms with Crippen LogP contribution in [-0.2, 0) is 4.74 Å². The summed E-state index contributed by atoms with van der Waals surface area (Å²) >= 11 is 0. The van der Waals surface area contributed by atoms with E-state index in [1.165, 1.54) is 6.33 Å². The van der Waals surface area contributed by atoms with Crippen molar-refractivity contribution in [3.8, 4) is 0 Å². The second-order valence-electron chi connectivity index (χ2n) is 4.69. The van der Waals surface area contributed by atoms with E-state index in [9.17, 15) is 0 Å². The van der Waals surface area contributed by atoms with Crippen LogP contribution < -0.4 is 11.1 Å². The van der Waals surface area contributed by atoms with Crippen molar-refractivity contribution in [3.63, 3.8) is 0 Å². The third-order valence-electron chi connectivity index (χ3n) is 3.01. The second-order valence-corrected chi connectivity index (χ2v) is 4.69. The lowest BCUT2D eigenvalue weighted by Crippen LogP contribution is -2.20. The second kappa shape index (κ2) is 5.31. The third kappa shape index (κ3) is 2.85. The van der Waals surface area contributed by atoms with Gasteiger partial charge in [0.05, 0.1) is 6.10 Å². The first-order valence-electron chi connectivity index (χ1n) is 6.14. The van der Waals surface area contributed by atoms with Gasteiger partial charge >= 0.3 is 0 Å². The molecule has 0 bridgehead atoms. The number of nitrogen functional groups attached to an aromatic ring is 1. The molecule has 5 heteroatoms. The van der Waals surface area contributed by atoms with Crippen molar-refractivity contribution in [2.24, 2.45) is 0 Å².